The third kappa shape index (κ3) is 4.20. The summed E-state index contributed by atoms with van der Waals surface area (Å²) in [4.78, 5) is 0. The van der Waals surface area contributed by atoms with Gasteiger partial charge in [-0.1, -0.05) is 6.92 Å². The van der Waals surface area contributed by atoms with Gasteiger partial charge in [0, 0.05) is 12.6 Å². The number of ether oxygens (including phenoxy) is 2. The highest BCUT2D eigenvalue weighted by atomic mass is 16.5. The van der Waals surface area contributed by atoms with Crippen molar-refractivity contribution in [2.45, 2.75) is 19.9 Å². The molecule has 0 aliphatic carbocycles. The molecule has 2 aromatic rings. The van der Waals surface area contributed by atoms with E-state index in [0.717, 1.165) is 31.0 Å². The smallest absolute Gasteiger partial charge is 0.238 e. The van der Waals surface area contributed by atoms with E-state index in [9.17, 15) is 0 Å². The minimum absolute atomic E-state index is 0.481. The lowest BCUT2D eigenvalue weighted by Gasteiger charge is -2.06. The maximum atomic E-state index is 5.61. The van der Waals surface area contributed by atoms with Crippen LogP contribution >= 0.6 is 0 Å². The highest BCUT2D eigenvalue weighted by Gasteiger charge is 2.01. The Morgan fingerprint density at radius 3 is 2.35 bits per heavy atom. The molecule has 0 aliphatic heterocycles. The van der Waals surface area contributed by atoms with Crippen molar-refractivity contribution in [3.8, 4) is 17.4 Å². The fraction of sp³-hybridized carbons (Fsp3) is 0.333. The predicted octanol–water partition coefficient (Wildman–Crippen LogP) is 2.78. The van der Waals surface area contributed by atoms with Gasteiger partial charge in [-0.2, -0.15) is 5.10 Å². The molecule has 1 heterocycles. The molecule has 0 atom stereocenters. The third-order valence-corrected chi connectivity index (χ3v) is 2.71. The van der Waals surface area contributed by atoms with Gasteiger partial charge in [0.1, 0.15) is 11.5 Å². The zero-order valence-corrected chi connectivity index (χ0v) is 11.8. The van der Waals surface area contributed by atoms with E-state index in [1.165, 1.54) is 0 Å². The van der Waals surface area contributed by atoms with Gasteiger partial charge in [0.25, 0.3) is 0 Å². The van der Waals surface area contributed by atoms with Crippen LogP contribution in [0.15, 0.2) is 36.4 Å². The molecule has 0 unspecified atom stereocenters. The summed E-state index contributed by atoms with van der Waals surface area (Å²) >= 11 is 0. The summed E-state index contributed by atoms with van der Waals surface area (Å²) in [6.07, 6.45) is 1.10. The first-order valence-corrected chi connectivity index (χ1v) is 6.67. The Balaban J connectivity index is 1.92. The van der Waals surface area contributed by atoms with Crippen molar-refractivity contribution < 1.29 is 9.47 Å². The summed E-state index contributed by atoms with van der Waals surface area (Å²) in [5.74, 6) is 1.98. The number of methoxy groups -OCH3 is 1. The van der Waals surface area contributed by atoms with E-state index in [0.29, 0.717) is 11.6 Å². The first kappa shape index (κ1) is 14.3. The van der Waals surface area contributed by atoms with Gasteiger partial charge in [-0.05, 0) is 43.3 Å². The van der Waals surface area contributed by atoms with Gasteiger partial charge >= 0.3 is 0 Å². The molecule has 5 heteroatoms. The molecule has 106 valence electrons. The molecular formula is C15H19N3O2. The number of benzene rings is 1. The van der Waals surface area contributed by atoms with Crippen molar-refractivity contribution >= 4 is 0 Å². The van der Waals surface area contributed by atoms with Crippen LogP contribution in [0.4, 0.5) is 0 Å². The number of nitrogens with one attached hydrogen (secondary N) is 1. The van der Waals surface area contributed by atoms with E-state index in [2.05, 4.69) is 22.4 Å². The number of hydrogen-bond acceptors (Lipinski definition) is 5. The number of hydrogen-bond donors (Lipinski definition) is 1. The van der Waals surface area contributed by atoms with Gasteiger partial charge in [-0.3, -0.25) is 0 Å². The van der Waals surface area contributed by atoms with Crippen molar-refractivity contribution in [2.24, 2.45) is 0 Å². The molecule has 0 radical (unpaired) electrons. The van der Waals surface area contributed by atoms with Gasteiger partial charge in [-0.15, -0.1) is 5.10 Å². The second-order valence-corrected chi connectivity index (χ2v) is 4.32. The van der Waals surface area contributed by atoms with E-state index in [1.807, 2.05) is 36.4 Å². The van der Waals surface area contributed by atoms with E-state index in [4.69, 9.17) is 9.47 Å². The number of nitrogens with zero attached hydrogens (tertiary/aromatic N) is 2. The predicted molar refractivity (Wildman–Crippen MR) is 77.1 cm³/mol. The van der Waals surface area contributed by atoms with Crippen LogP contribution in [0.2, 0.25) is 0 Å². The van der Waals surface area contributed by atoms with Crippen LogP contribution in [-0.2, 0) is 6.54 Å². The van der Waals surface area contributed by atoms with Crippen molar-refractivity contribution in [2.75, 3.05) is 13.7 Å². The first-order chi connectivity index (χ1) is 9.81. The second kappa shape index (κ2) is 7.45. The third-order valence-electron chi connectivity index (χ3n) is 2.71. The molecule has 0 bridgehead atoms. The summed E-state index contributed by atoms with van der Waals surface area (Å²) in [5, 5.41) is 11.4. The van der Waals surface area contributed by atoms with E-state index >= 15 is 0 Å². The molecule has 1 aromatic carbocycles. The lowest BCUT2D eigenvalue weighted by molar-refractivity contribution is 0.411. The standard InChI is InChI=1S/C15H19N3O2/c1-3-10-16-11-12-4-9-15(18-17-12)20-14-7-5-13(19-2)6-8-14/h4-9,16H,3,10-11H2,1-2H3. The van der Waals surface area contributed by atoms with E-state index in [-0.39, 0.29) is 0 Å². The van der Waals surface area contributed by atoms with Gasteiger partial charge in [0.05, 0.1) is 12.8 Å². The summed E-state index contributed by atoms with van der Waals surface area (Å²) in [7, 11) is 1.63. The quantitative estimate of drug-likeness (QED) is 0.786. The maximum Gasteiger partial charge on any atom is 0.238 e. The van der Waals surface area contributed by atoms with Crippen LogP contribution < -0.4 is 14.8 Å². The van der Waals surface area contributed by atoms with Gasteiger partial charge in [-0.25, -0.2) is 0 Å². The van der Waals surface area contributed by atoms with E-state index < -0.39 is 0 Å². The molecule has 2 rings (SSSR count). The van der Waals surface area contributed by atoms with E-state index in [1.54, 1.807) is 7.11 Å². The van der Waals surface area contributed by atoms with Crippen LogP contribution in [0.3, 0.4) is 0 Å². The monoisotopic (exact) mass is 273 g/mol. The molecule has 0 fully saturated rings. The Bertz CT molecular complexity index is 512. The van der Waals surface area contributed by atoms with Crippen LogP contribution in [0.5, 0.6) is 17.4 Å². The fourth-order valence-corrected chi connectivity index (χ4v) is 1.65. The summed E-state index contributed by atoms with van der Waals surface area (Å²) in [6, 6.07) is 11.1. The molecule has 0 aliphatic rings. The normalized spacial score (nSPS) is 10.3. The highest BCUT2D eigenvalue weighted by Crippen LogP contribution is 2.21. The molecular weight excluding hydrogens is 254 g/mol. The van der Waals surface area contributed by atoms with Crippen molar-refractivity contribution in [3.63, 3.8) is 0 Å². The molecule has 0 saturated carbocycles. The second-order valence-electron chi connectivity index (χ2n) is 4.32. The summed E-state index contributed by atoms with van der Waals surface area (Å²) < 4.78 is 10.7. The SMILES string of the molecule is CCCNCc1ccc(Oc2ccc(OC)cc2)nn1. The minimum Gasteiger partial charge on any atom is -0.497 e. The molecule has 0 saturated heterocycles. The zero-order valence-electron chi connectivity index (χ0n) is 11.8. The number of rotatable bonds is 7. The van der Waals surface area contributed by atoms with Crippen LogP contribution in [0.25, 0.3) is 0 Å². The highest BCUT2D eigenvalue weighted by molar-refractivity contribution is 5.33. The molecule has 5 nitrogen and oxygen atoms in total. The van der Waals surface area contributed by atoms with Gasteiger partial charge in [0.2, 0.25) is 5.88 Å². The Morgan fingerprint density at radius 2 is 1.75 bits per heavy atom. The Labute approximate surface area is 118 Å². The molecule has 1 aromatic heterocycles. The fourth-order valence-electron chi connectivity index (χ4n) is 1.65. The lowest BCUT2D eigenvalue weighted by Crippen LogP contribution is -2.15. The summed E-state index contributed by atoms with van der Waals surface area (Å²) in [5.41, 5.74) is 0.903. The Morgan fingerprint density at radius 1 is 1.00 bits per heavy atom. The van der Waals surface area contributed by atoms with Gasteiger partial charge < -0.3 is 14.8 Å². The van der Waals surface area contributed by atoms with Crippen molar-refractivity contribution in [3.05, 3.63) is 42.1 Å². The van der Waals surface area contributed by atoms with Crippen LogP contribution in [0.1, 0.15) is 19.0 Å². The maximum absolute atomic E-state index is 5.61. The van der Waals surface area contributed by atoms with Gasteiger partial charge in [0.15, 0.2) is 0 Å². The average Bonchev–Trinajstić information content (AvgIpc) is 2.50. The summed E-state index contributed by atoms with van der Waals surface area (Å²) in [6.45, 7) is 3.83. The Kier molecular flexibility index (Phi) is 5.32. The minimum atomic E-state index is 0.481. The average molecular weight is 273 g/mol. The lowest BCUT2D eigenvalue weighted by atomic mass is 10.3. The molecule has 20 heavy (non-hydrogen) atoms. The molecule has 0 spiro atoms. The van der Waals surface area contributed by atoms with Crippen LogP contribution in [-0.4, -0.2) is 23.9 Å². The van der Waals surface area contributed by atoms with Crippen molar-refractivity contribution in [1.82, 2.24) is 15.5 Å². The van der Waals surface area contributed by atoms with Crippen molar-refractivity contribution in [1.29, 1.82) is 0 Å². The first-order valence-electron chi connectivity index (χ1n) is 6.67. The largest absolute Gasteiger partial charge is 0.497 e. The zero-order chi connectivity index (χ0) is 14.2. The topological polar surface area (TPSA) is 56.3 Å². The van der Waals surface area contributed by atoms with Crippen LogP contribution in [0, 0.1) is 0 Å². The molecule has 0 amide bonds. The number of aromatic nitrogens is 2. The molecule has 1 N–H and O–H groups in total. The Hall–Kier alpha value is -2.14.